The van der Waals surface area contributed by atoms with E-state index in [0.29, 0.717) is 18.6 Å². The van der Waals surface area contributed by atoms with E-state index >= 15 is 0 Å². The van der Waals surface area contributed by atoms with Crippen LogP contribution in [0, 0.1) is 13.8 Å². The number of pyridine rings is 1. The van der Waals surface area contributed by atoms with Crippen molar-refractivity contribution in [3.63, 3.8) is 0 Å². The maximum atomic E-state index is 11.1. The third-order valence-corrected chi connectivity index (χ3v) is 6.02. The molecule has 1 aromatic heterocycles. The number of aromatic nitrogens is 1. The first-order valence-electron chi connectivity index (χ1n) is 11.1. The zero-order valence-corrected chi connectivity index (χ0v) is 19.2. The molecule has 0 amide bonds. The zero-order chi connectivity index (χ0) is 24.1. The highest BCUT2D eigenvalue weighted by molar-refractivity contribution is 6.03. The largest absolute Gasteiger partial charge is 0.478 e. The highest BCUT2D eigenvalue weighted by Gasteiger charge is 2.13. The monoisotopic (exact) mass is 450 g/mol. The molecule has 4 rings (SSSR count). The Bertz CT molecular complexity index is 1360. The zero-order valence-electron chi connectivity index (χ0n) is 19.2. The van der Waals surface area contributed by atoms with E-state index in [4.69, 9.17) is 5.11 Å². The summed E-state index contributed by atoms with van der Waals surface area (Å²) in [5, 5.41) is 22.6. The number of oxime groups is 1. The van der Waals surface area contributed by atoms with Gasteiger partial charge in [-0.15, -0.1) is 0 Å². The number of hydrogen-bond donors (Lipinski definition) is 2. The molecule has 170 valence electrons. The van der Waals surface area contributed by atoms with Gasteiger partial charge in [0.2, 0.25) is 0 Å². The molecule has 0 unspecified atom stereocenters. The number of carboxylic acids is 1. The lowest BCUT2D eigenvalue weighted by atomic mass is 9.92. The number of aromatic carboxylic acids is 1. The van der Waals surface area contributed by atoms with Crippen LogP contribution >= 0.6 is 0 Å². The minimum atomic E-state index is -0.936. The minimum Gasteiger partial charge on any atom is -0.478 e. The Kier molecular flexibility index (Phi) is 6.83. The number of aryl methyl sites for hydroxylation is 2. The first kappa shape index (κ1) is 22.9. The van der Waals surface area contributed by atoms with Gasteiger partial charge in [-0.3, -0.25) is 4.98 Å². The van der Waals surface area contributed by atoms with E-state index in [9.17, 15) is 10.0 Å². The van der Waals surface area contributed by atoms with Crippen LogP contribution in [0.1, 0.15) is 39.2 Å². The van der Waals surface area contributed by atoms with Gasteiger partial charge in [0.05, 0.1) is 11.3 Å². The lowest BCUT2D eigenvalue weighted by Gasteiger charge is -2.13. The van der Waals surface area contributed by atoms with Gasteiger partial charge < -0.3 is 10.3 Å². The summed E-state index contributed by atoms with van der Waals surface area (Å²) in [6.07, 6.45) is 3.09. The molecule has 0 saturated carbocycles. The number of benzene rings is 3. The SMILES string of the molecule is Cc1cc(-c2cccc(/C(CCc3cccc(-c4ccc(C(=O)O)cc4)c3)=N/O)c2C)ccn1. The van der Waals surface area contributed by atoms with Crippen molar-refractivity contribution < 1.29 is 15.1 Å². The molecule has 0 aliphatic rings. The molecule has 0 aliphatic heterocycles. The molecule has 0 atom stereocenters. The van der Waals surface area contributed by atoms with Crippen LogP contribution in [0.4, 0.5) is 0 Å². The van der Waals surface area contributed by atoms with Gasteiger partial charge in [0.15, 0.2) is 0 Å². The Morgan fingerprint density at radius 2 is 1.65 bits per heavy atom. The minimum absolute atomic E-state index is 0.267. The summed E-state index contributed by atoms with van der Waals surface area (Å²) >= 11 is 0. The number of carbonyl (C=O) groups is 1. The van der Waals surface area contributed by atoms with E-state index in [1.165, 1.54) is 0 Å². The van der Waals surface area contributed by atoms with E-state index in [1.807, 2.05) is 62.4 Å². The van der Waals surface area contributed by atoms with Gasteiger partial charge in [-0.05, 0) is 84.3 Å². The molecular weight excluding hydrogens is 424 g/mol. The third-order valence-electron chi connectivity index (χ3n) is 6.02. The topological polar surface area (TPSA) is 82.8 Å². The highest BCUT2D eigenvalue weighted by Crippen LogP contribution is 2.28. The smallest absolute Gasteiger partial charge is 0.335 e. The molecule has 3 aromatic carbocycles. The molecule has 1 heterocycles. The Balaban J connectivity index is 1.54. The average molecular weight is 451 g/mol. The maximum absolute atomic E-state index is 11.1. The van der Waals surface area contributed by atoms with Crippen LogP contribution in [0.15, 0.2) is 90.2 Å². The fraction of sp³-hybridized carbons (Fsp3) is 0.138. The number of nitrogens with zero attached hydrogens (tertiary/aromatic N) is 2. The molecule has 0 aliphatic carbocycles. The molecule has 2 N–H and O–H groups in total. The van der Waals surface area contributed by atoms with Crippen molar-refractivity contribution in [2.24, 2.45) is 5.16 Å². The molecule has 5 nitrogen and oxygen atoms in total. The van der Waals surface area contributed by atoms with Gasteiger partial charge in [-0.25, -0.2) is 4.79 Å². The van der Waals surface area contributed by atoms with Gasteiger partial charge in [-0.2, -0.15) is 0 Å². The van der Waals surface area contributed by atoms with E-state index in [2.05, 4.69) is 28.3 Å². The quantitative estimate of drug-likeness (QED) is 0.190. The maximum Gasteiger partial charge on any atom is 0.335 e. The third kappa shape index (κ3) is 5.04. The van der Waals surface area contributed by atoms with E-state index in [0.717, 1.165) is 44.6 Å². The molecule has 0 radical (unpaired) electrons. The van der Waals surface area contributed by atoms with Gasteiger partial charge in [0.1, 0.15) is 0 Å². The fourth-order valence-corrected chi connectivity index (χ4v) is 4.19. The van der Waals surface area contributed by atoms with Crippen molar-refractivity contribution in [2.75, 3.05) is 0 Å². The van der Waals surface area contributed by atoms with Gasteiger partial charge in [-0.1, -0.05) is 59.8 Å². The molecule has 0 bridgehead atoms. The van der Waals surface area contributed by atoms with Crippen molar-refractivity contribution in [3.05, 3.63) is 113 Å². The van der Waals surface area contributed by atoms with Crippen LogP contribution in [-0.2, 0) is 6.42 Å². The second-order valence-electron chi connectivity index (χ2n) is 8.29. The molecule has 4 aromatic rings. The molecular formula is C29H26N2O3. The molecule has 34 heavy (non-hydrogen) atoms. The highest BCUT2D eigenvalue weighted by atomic mass is 16.4. The summed E-state index contributed by atoms with van der Waals surface area (Å²) in [5.41, 5.74) is 9.12. The fourth-order valence-electron chi connectivity index (χ4n) is 4.19. The Labute approximate surface area is 199 Å². The number of rotatable bonds is 7. The summed E-state index contributed by atoms with van der Waals surface area (Å²) in [6.45, 7) is 4.02. The summed E-state index contributed by atoms with van der Waals surface area (Å²) in [6, 6.07) is 25.1. The summed E-state index contributed by atoms with van der Waals surface area (Å²) in [7, 11) is 0. The van der Waals surface area contributed by atoms with Gasteiger partial charge >= 0.3 is 5.97 Å². The first-order valence-corrected chi connectivity index (χ1v) is 11.1. The van der Waals surface area contributed by atoms with Crippen LogP contribution < -0.4 is 0 Å². The van der Waals surface area contributed by atoms with Crippen molar-refractivity contribution in [1.82, 2.24) is 4.98 Å². The van der Waals surface area contributed by atoms with Crippen molar-refractivity contribution >= 4 is 11.7 Å². The number of hydrogen-bond acceptors (Lipinski definition) is 4. The van der Waals surface area contributed by atoms with Crippen molar-refractivity contribution in [3.8, 4) is 22.3 Å². The summed E-state index contributed by atoms with van der Waals surface area (Å²) in [5.74, 6) is -0.936. The van der Waals surface area contributed by atoms with Crippen LogP contribution in [0.2, 0.25) is 0 Å². The van der Waals surface area contributed by atoms with Gasteiger partial charge in [0, 0.05) is 17.5 Å². The molecule has 0 fully saturated rings. The predicted molar refractivity (Wildman–Crippen MR) is 135 cm³/mol. The van der Waals surface area contributed by atoms with Crippen LogP contribution in [0.3, 0.4) is 0 Å². The molecule has 5 heteroatoms. The average Bonchev–Trinajstić information content (AvgIpc) is 2.85. The summed E-state index contributed by atoms with van der Waals surface area (Å²) in [4.78, 5) is 15.4. The van der Waals surface area contributed by atoms with Crippen LogP contribution in [0.25, 0.3) is 22.3 Å². The summed E-state index contributed by atoms with van der Waals surface area (Å²) < 4.78 is 0. The van der Waals surface area contributed by atoms with Crippen LogP contribution in [0.5, 0.6) is 0 Å². The van der Waals surface area contributed by atoms with E-state index in [1.54, 1.807) is 18.3 Å². The lowest BCUT2D eigenvalue weighted by molar-refractivity contribution is 0.0697. The second-order valence-corrected chi connectivity index (χ2v) is 8.29. The van der Waals surface area contributed by atoms with Gasteiger partial charge in [0.25, 0.3) is 0 Å². The van der Waals surface area contributed by atoms with Crippen molar-refractivity contribution in [1.29, 1.82) is 0 Å². The Morgan fingerprint density at radius 1 is 0.882 bits per heavy atom. The molecule has 0 spiro atoms. The van der Waals surface area contributed by atoms with E-state index < -0.39 is 5.97 Å². The molecule has 0 saturated heterocycles. The first-order chi connectivity index (χ1) is 16.5. The Hall–Kier alpha value is -4.25. The predicted octanol–water partition coefficient (Wildman–Crippen LogP) is 6.54. The Morgan fingerprint density at radius 3 is 2.35 bits per heavy atom. The van der Waals surface area contributed by atoms with E-state index in [-0.39, 0.29) is 5.56 Å². The van der Waals surface area contributed by atoms with Crippen molar-refractivity contribution in [2.45, 2.75) is 26.7 Å². The second kappa shape index (κ2) is 10.1. The van der Waals surface area contributed by atoms with Crippen LogP contribution in [-0.4, -0.2) is 27.0 Å². The standard InChI is InChI=1S/C29H26N2O3/c1-19-17-25(15-16-30-19)26-7-4-8-27(20(26)2)28(31-34)14-9-21-5-3-6-24(18-21)22-10-12-23(13-11-22)29(32)33/h3-8,10-13,15-18,34H,9,14H2,1-2H3,(H,32,33)/b31-28+. The normalized spacial score (nSPS) is 11.4. The lowest BCUT2D eigenvalue weighted by Crippen LogP contribution is -2.06. The number of carboxylic acid groups (broad SMARTS) is 1.